The molecule has 0 radical (unpaired) electrons. The van der Waals surface area contributed by atoms with E-state index in [2.05, 4.69) is 16.5 Å². The average molecular weight is 284 g/mol. The maximum absolute atomic E-state index is 12.8. The number of thiazole rings is 1. The van der Waals surface area contributed by atoms with Crippen molar-refractivity contribution in [3.05, 3.63) is 41.4 Å². The average Bonchev–Trinajstić information content (AvgIpc) is 3.00. The monoisotopic (exact) mass is 284 g/mol. The Bertz CT molecular complexity index is 689. The van der Waals surface area contributed by atoms with Crippen molar-refractivity contribution in [3.8, 4) is 0 Å². The van der Waals surface area contributed by atoms with Gasteiger partial charge in [-0.2, -0.15) is 0 Å². The molecule has 2 fully saturated rings. The molecule has 2 bridgehead atoms. The summed E-state index contributed by atoms with van der Waals surface area (Å²) in [6, 6.07) is 6.58. The minimum atomic E-state index is 0.181. The van der Waals surface area contributed by atoms with Crippen molar-refractivity contribution in [2.45, 2.75) is 37.8 Å². The van der Waals surface area contributed by atoms with E-state index < -0.39 is 0 Å². The normalized spacial score (nSPS) is 25.4. The Labute approximate surface area is 121 Å². The number of amides is 1. The van der Waals surface area contributed by atoms with Crippen LogP contribution in [0.15, 0.2) is 35.9 Å². The highest BCUT2D eigenvalue weighted by atomic mass is 32.1. The Morgan fingerprint density at radius 3 is 2.80 bits per heavy atom. The number of nitrogens with zero attached hydrogens (tertiary/aromatic N) is 2. The molecule has 2 saturated heterocycles. The summed E-state index contributed by atoms with van der Waals surface area (Å²) in [5.41, 5.74) is 4.90. The van der Waals surface area contributed by atoms with Gasteiger partial charge in [0.25, 0.3) is 5.91 Å². The molecule has 2 aromatic rings. The second-order valence-electron chi connectivity index (χ2n) is 5.79. The maximum atomic E-state index is 12.8. The molecule has 2 aliphatic heterocycles. The van der Waals surface area contributed by atoms with Crippen LogP contribution in [-0.2, 0) is 0 Å². The van der Waals surface area contributed by atoms with Gasteiger partial charge in [0.15, 0.2) is 0 Å². The minimum Gasteiger partial charge on any atom is -0.332 e. The van der Waals surface area contributed by atoms with E-state index >= 15 is 0 Å². The lowest BCUT2D eigenvalue weighted by Gasteiger charge is -2.36. The highest BCUT2D eigenvalue weighted by Crippen LogP contribution is 2.38. The van der Waals surface area contributed by atoms with E-state index in [4.69, 9.17) is 0 Å². The van der Waals surface area contributed by atoms with Crippen LogP contribution in [0.1, 0.15) is 36.0 Å². The second kappa shape index (κ2) is 4.42. The number of carbonyl (C=O) groups excluding carboxylic acids is 1. The molecule has 1 aromatic carbocycles. The fraction of sp³-hybridized carbons (Fsp3) is 0.375. The summed E-state index contributed by atoms with van der Waals surface area (Å²) in [5.74, 6) is 0.181. The first kappa shape index (κ1) is 12.1. The third-order valence-corrected chi connectivity index (χ3v) is 5.27. The van der Waals surface area contributed by atoms with Crippen molar-refractivity contribution in [1.82, 2.24) is 9.88 Å². The number of benzene rings is 1. The van der Waals surface area contributed by atoms with Gasteiger partial charge in [0, 0.05) is 17.6 Å². The number of fused-ring (bicyclic) bond motifs is 3. The van der Waals surface area contributed by atoms with Crippen LogP contribution in [0.4, 0.5) is 0 Å². The highest BCUT2D eigenvalue weighted by molar-refractivity contribution is 7.16. The molecule has 3 nitrogen and oxygen atoms in total. The number of aromatic nitrogens is 1. The lowest BCUT2D eigenvalue weighted by Crippen LogP contribution is -2.44. The fourth-order valence-corrected chi connectivity index (χ4v) is 4.30. The van der Waals surface area contributed by atoms with Crippen LogP contribution < -0.4 is 0 Å². The van der Waals surface area contributed by atoms with Crippen LogP contribution in [0.5, 0.6) is 0 Å². The van der Waals surface area contributed by atoms with Crippen LogP contribution in [0.2, 0.25) is 0 Å². The van der Waals surface area contributed by atoms with Crippen LogP contribution in [0, 0.1) is 0 Å². The Morgan fingerprint density at radius 2 is 2.05 bits per heavy atom. The molecule has 2 aliphatic rings. The van der Waals surface area contributed by atoms with E-state index in [0.717, 1.165) is 41.5 Å². The Morgan fingerprint density at radius 1 is 1.30 bits per heavy atom. The molecular weight excluding hydrogens is 268 g/mol. The third kappa shape index (κ3) is 1.79. The number of hydrogen-bond acceptors (Lipinski definition) is 3. The molecule has 1 amide bonds. The van der Waals surface area contributed by atoms with Gasteiger partial charge in [0.1, 0.15) is 0 Å². The van der Waals surface area contributed by atoms with Gasteiger partial charge in [0.2, 0.25) is 0 Å². The molecule has 102 valence electrons. The van der Waals surface area contributed by atoms with E-state index in [1.54, 1.807) is 11.3 Å². The molecule has 0 N–H and O–H groups in total. The molecule has 4 heteroatoms. The molecule has 0 spiro atoms. The van der Waals surface area contributed by atoms with Gasteiger partial charge in [0.05, 0.1) is 15.7 Å². The number of piperidine rings is 1. The standard InChI is InChI=1S/C16H16N2OS/c1-10-6-12-3-4-13(7-10)18(12)16(19)11-2-5-14-15(8-11)20-9-17-14/h2,5,8-9,12-13H,1,3-4,6-7H2. The van der Waals surface area contributed by atoms with Gasteiger partial charge in [-0.3, -0.25) is 4.79 Å². The highest BCUT2D eigenvalue weighted by Gasteiger charge is 2.40. The molecule has 2 unspecified atom stereocenters. The zero-order chi connectivity index (χ0) is 13.7. The Kier molecular flexibility index (Phi) is 2.67. The van der Waals surface area contributed by atoms with Crippen molar-refractivity contribution >= 4 is 27.5 Å². The second-order valence-corrected chi connectivity index (χ2v) is 6.68. The molecule has 0 aliphatic carbocycles. The van der Waals surface area contributed by atoms with Crippen LogP contribution >= 0.6 is 11.3 Å². The van der Waals surface area contributed by atoms with Crippen molar-refractivity contribution in [1.29, 1.82) is 0 Å². The topological polar surface area (TPSA) is 33.2 Å². The molecular formula is C16H16N2OS. The third-order valence-electron chi connectivity index (χ3n) is 4.48. The lowest BCUT2D eigenvalue weighted by atomic mass is 9.97. The first-order chi connectivity index (χ1) is 9.72. The predicted molar refractivity (Wildman–Crippen MR) is 81.0 cm³/mol. The number of hydrogen-bond donors (Lipinski definition) is 0. The lowest BCUT2D eigenvalue weighted by molar-refractivity contribution is 0.0635. The van der Waals surface area contributed by atoms with Crippen LogP contribution in [-0.4, -0.2) is 27.9 Å². The molecule has 0 saturated carbocycles. The number of rotatable bonds is 1. The maximum Gasteiger partial charge on any atom is 0.254 e. The summed E-state index contributed by atoms with van der Waals surface area (Å²) in [6.07, 6.45) is 4.20. The van der Waals surface area contributed by atoms with Crippen LogP contribution in [0.3, 0.4) is 0 Å². The summed E-state index contributed by atoms with van der Waals surface area (Å²) in [5, 5.41) is 0. The Hall–Kier alpha value is -1.68. The SMILES string of the molecule is C=C1CC2CCC(C1)N2C(=O)c1ccc2ncsc2c1. The van der Waals surface area contributed by atoms with E-state index in [1.807, 2.05) is 23.7 Å². The van der Waals surface area contributed by atoms with Gasteiger partial charge in [-0.15, -0.1) is 11.3 Å². The first-order valence-corrected chi connectivity index (χ1v) is 7.93. The fourth-order valence-electron chi connectivity index (χ4n) is 3.58. The van der Waals surface area contributed by atoms with Gasteiger partial charge in [-0.05, 0) is 43.9 Å². The molecule has 1 aromatic heterocycles. The van der Waals surface area contributed by atoms with Crippen molar-refractivity contribution in [2.24, 2.45) is 0 Å². The van der Waals surface area contributed by atoms with Gasteiger partial charge >= 0.3 is 0 Å². The Balaban J connectivity index is 1.68. The van der Waals surface area contributed by atoms with E-state index in [1.165, 1.54) is 5.57 Å². The van der Waals surface area contributed by atoms with Crippen LogP contribution in [0.25, 0.3) is 10.2 Å². The predicted octanol–water partition coefficient (Wildman–Crippen LogP) is 3.62. The molecule has 2 atom stereocenters. The van der Waals surface area contributed by atoms with Crippen molar-refractivity contribution in [3.63, 3.8) is 0 Å². The van der Waals surface area contributed by atoms with Gasteiger partial charge in [-0.25, -0.2) is 4.98 Å². The quantitative estimate of drug-likeness (QED) is 0.749. The summed E-state index contributed by atoms with van der Waals surface area (Å²) in [6.45, 7) is 4.11. The van der Waals surface area contributed by atoms with E-state index in [-0.39, 0.29) is 5.91 Å². The summed E-state index contributed by atoms with van der Waals surface area (Å²) < 4.78 is 1.09. The molecule has 3 heterocycles. The van der Waals surface area contributed by atoms with Gasteiger partial charge < -0.3 is 4.90 Å². The smallest absolute Gasteiger partial charge is 0.254 e. The molecule has 20 heavy (non-hydrogen) atoms. The van der Waals surface area contributed by atoms with E-state index in [0.29, 0.717) is 12.1 Å². The van der Waals surface area contributed by atoms with Gasteiger partial charge in [-0.1, -0.05) is 12.2 Å². The zero-order valence-electron chi connectivity index (χ0n) is 11.2. The van der Waals surface area contributed by atoms with Crippen molar-refractivity contribution < 1.29 is 4.79 Å². The zero-order valence-corrected chi connectivity index (χ0v) is 12.0. The first-order valence-electron chi connectivity index (χ1n) is 7.05. The summed E-state index contributed by atoms with van der Waals surface area (Å²) in [7, 11) is 0. The summed E-state index contributed by atoms with van der Waals surface area (Å²) in [4.78, 5) is 19.2. The number of carbonyl (C=O) groups is 1. The van der Waals surface area contributed by atoms with Crippen molar-refractivity contribution in [2.75, 3.05) is 0 Å². The molecule has 4 rings (SSSR count). The largest absolute Gasteiger partial charge is 0.332 e. The van der Waals surface area contributed by atoms with E-state index in [9.17, 15) is 4.79 Å². The summed E-state index contributed by atoms with van der Waals surface area (Å²) >= 11 is 1.59. The minimum absolute atomic E-state index is 0.181.